The summed E-state index contributed by atoms with van der Waals surface area (Å²) in [4.78, 5) is 22.7. The average Bonchev–Trinajstić information content (AvgIpc) is 2.34. The molecule has 9 heteroatoms. The summed E-state index contributed by atoms with van der Waals surface area (Å²) in [6.07, 6.45) is -4.63. The van der Waals surface area contributed by atoms with Gasteiger partial charge in [0, 0.05) is 13.2 Å². The van der Waals surface area contributed by atoms with Crippen LogP contribution in [0.4, 0.5) is 22.0 Å². The van der Waals surface area contributed by atoms with Gasteiger partial charge in [0.1, 0.15) is 11.1 Å². The van der Waals surface area contributed by atoms with E-state index in [2.05, 4.69) is 0 Å². The lowest BCUT2D eigenvalue weighted by molar-refractivity contribution is -0.139. The Morgan fingerprint density at radius 3 is 2.33 bits per heavy atom. The number of fused-ring (bicyclic) bond motifs is 1. The fourth-order valence-electron chi connectivity index (χ4n) is 2.03. The van der Waals surface area contributed by atoms with Gasteiger partial charge >= 0.3 is 12.1 Å². The van der Waals surface area contributed by atoms with Crippen LogP contribution in [-0.2, 0) is 13.2 Å². The van der Waals surface area contributed by atoms with Gasteiger partial charge in [-0.2, -0.15) is 13.2 Å². The molecule has 0 bridgehead atoms. The molecule has 1 aromatic carbocycles. The molecular formula is C12H6F5NO3. The third kappa shape index (κ3) is 2.24. The number of rotatable bonds is 1. The van der Waals surface area contributed by atoms with Crippen molar-refractivity contribution in [3.05, 3.63) is 45.2 Å². The first-order chi connectivity index (χ1) is 9.55. The number of carboxylic acid groups (broad SMARTS) is 1. The van der Waals surface area contributed by atoms with E-state index >= 15 is 0 Å². The van der Waals surface area contributed by atoms with Crippen LogP contribution in [0.25, 0.3) is 10.9 Å². The first-order valence-electron chi connectivity index (χ1n) is 5.37. The maximum Gasteiger partial charge on any atom is 0.421 e. The molecular weight excluding hydrogens is 301 g/mol. The number of hydrogen-bond acceptors (Lipinski definition) is 2. The van der Waals surface area contributed by atoms with E-state index in [0.29, 0.717) is 10.8 Å². The number of pyridine rings is 1. The van der Waals surface area contributed by atoms with E-state index in [1.54, 1.807) is 0 Å². The van der Waals surface area contributed by atoms with Crippen molar-refractivity contribution in [2.45, 2.75) is 6.18 Å². The zero-order chi connectivity index (χ0) is 16.1. The van der Waals surface area contributed by atoms with Crippen LogP contribution in [0.15, 0.2) is 17.1 Å². The molecule has 0 fully saturated rings. The number of alkyl halides is 3. The Bertz CT molecular complexity index is 822. The van der Waals surface area contributed by atoms with Crippen LogP contribution in [0.3, 0.4) is 0 Å². The van der Waals surface area contributed by atoms with Gasteiger partial charge in [-0.3, -0.25) is 4.79 Å². The summed E-state index contributed by atoms with van der Waals surface area (Å²) in [6.45, 7) is 0. The normalized spacial score (nSPS) is 11.9. The van der Waals surface area contributed by atoms with Crippen molar-refractivity contribution in [1.29, 1.82) is 0 Å². The summed E-state index contributed by atoms with van der Waals surface area (Å²) in [5, 5.41) is 7.94. The lowest BCUT2D eigenvalue weighted by Gasteiger charge is -2.15. The van der Waals surface area contributed by atoms with E-state index in [1.807, 2.05) is 0 Å². The van der Waals surface area contributed by atoms with Crippen molar-refractivity contribution in [1.82, 2.24) is 4.57 Å². The molecule has 4 nitrogen and oxygen atoms in total. The highest BCUT2D eigenvalue weighted by Gasteiger charge is 2.39. The fourth-order valence-corrected chi connectivity index (χ4v) is 2.03. The molecule has 112 valence electrons. The Kier molecular flexibility index (Phi) is 3.23. The minimum Gasteiger partial charge on any atom is -0.477 e. The molecule has 0 aliphatic heterocycles. The zero-order valence-electron chi connectivity index (χ0n) is 10.3. The van der Waals surface area contributed by atoms with Crippen LogP contribution in [-0.4, -0.2) is 15.6 Å². The molecule has 0 amide bonds. The number of aryl methyl sites for hydroxylation is 1. The standard InChI is InChI=1S/C12H6F5NO3/c1-18-3-5(11(20)21)10(19)4-2-6(13)8(14)7(9(4)18)12(15,16)17/h2-3H,1H3,(H,20,21). The summed E-state index contributed by atoms with van der Waals surface area (Å²) in [7, 11) is 1.00. The minimum atomic E-state index is -5.25. The van der Waals surface area contributed by atoms with Crippen molar-refractivity contribution < 1.29 is 31.9 Å². The Labute approximate surface area is 113 Å². The topological polar surface area (TPSA) is 59.3 Å². The molecule has 0 unspecified atom stereocenters. The van der Waals surface area contributed by atoms with Gasteiger partial charge in [-0.05, 0) is 6.07 Å². The van der Waals surface area contributed by atoms with Gasteiger partial charge in [-0.15, -0.1) is 0 Å². The molecule has 2 rings (SSSR count). The largest absolute Gasteiger partial charge is 0.477 e. The van der Waals surface area contributed by atoms with Gasteiger partial charge in [0.25, 0.3) is 0 Å². The molecule has 0 aliphatic rings. The number of aromatic nitrogens is 1. The highest BCUT2D eigenvalue weighted by molar-refractivity contribution is 5.93. The number of benzene rings is 1. The predicted molar refractivity (Wildman–Crippen MR) is 61.1 cm³/mol. The molecule has 0 saturated heterocycles. The quantitative estimate of drug-likeness (QED) is 0.824. The van der Waals surface area contributed by atoms with Gasteiger partial charge in [-0.1, -0.05) is 0 Å². The third-order valence-corrected chi connectivity index (χ3v) is 2.87. The molecule has 0 saturated carbocycles. The second kappa shape index (κ2) is 4.54. The Balaban J connectivity index is 3.13. The number of carboxylic acids is 1. The van der Waals surface area contributed by atoms with Gasteiger partial charge in [0.2, 0.25) is 5.43 Å². The molecule has 0 aliphatic carbocycles. The van der Waals surface area contributed by atoms with Crippen molar-refractivity contribution in [2.24, 2.45) is 7.05 Å². The minimum absolute atomic E-state index is 0.259. The van der Waals surface area contributed by atoms with E-state index in [0.717, 1.165) is 7.05 Å². The van der Waals surface area contributed by atoms with Crippen molar-refractivity contribution in [3.63, 3.8) is 0 Å². The number of hydrogen-bond donors (Lipinski definition) is 1. The molecule has 0 atom stereocenters. The van der Waals surface area contributed by atoms with E-state index in [4.69, 9.17) is 5.11 Å². The smallest absolute Gasteiger partial charge is 0.421 e. The molecule has 0 radical (unpaired) electrons. The maximum absolute atomic E-state index is 13.5. The summed E-state index contributed by atoms with van der Waals surface area (Å²) in [5.74, 6) is -5.71. The lowest BCUT2D eigenvalue weighted by atomic mass is 10.1. The number of aromatic carboxylic acids is 1. The van der Waals surface area contributed by atoms with Gasteiger partial charge in [-0.25, -0.2) is 13.6 Å². The van der Waals surface area contributed by atoms with E-state index in [9.17, 15) is 31.5 Å². The van der Waals surface area contributed by atoms with Crippen LogP contribution in [0.5, 0.6) is 0 Å². The van der Waals surface area contributed by atoms with Crippen LogP contribution in [0, 0.1) is 11.6 Å². The monoisotopic (exact) mass is 307 g/mol. The maximum atomic E-state index is 13.5. The second-order valence-corrected chi connectivity index (χ2v) is 4.23. The van der Waals surface area contributed by atoms with E-state index in [1.165, 1.54) is 0 Å². The highest BCUT2D eigenvalue weighted by Crippen LogP contribution is 2.37. The molecule has 2 aromatic rings. The Morgan fingerprint density at radius 2 is 1.86 bits per heavy atom. The highest BCUT2D eigenvalue weighted by atomic mass is 19.4. The molecule has 1 heterocycles. The zero-order valence-corrected chi connectivity index (χ0v) is 10.3. The molecule has 0 spiro atoms. The first-order valence-corrected chi connectivity index (χ1v) is 5.37. The summed E-state index contributed by atoms with van der Waals surface area (Å²) < 4.78 is 66.1. The van der Waals surface area contributed by atoms with Crippen molar-refractivity contribution in [3.8, 4) is 0 Å². The Hall–Kier alpha value is -2.45. The molecule has 1 N–H and O–H groups in total. The van der Waals surface area contributed by atoms with Crippen LogP contribution in [0.2, 0.25) is 0 Å². The van der Waals surface area contributed by atoms with Crippen LogP contribution >= 0.6 is 0 Å². The number of carbonyl (C=O) groups is 1. The summed E-state index contributed by atoms with van der Waals surface area (Å²) >= 11 is 0. The second-order valence-electron chi connectivity index (χ2n) is 4.23. The first kappa shape index (κ1) is 14.9. The summed E-state index contributed by atoms with van der Waals surface area (Å²) in [6, 6.07) is 0.259. The van der Waals surface area contributed by atoms with Crippen molar-refractivity contribution >= 4 is 16.9 Å². The molecule has 1 aromatic heterocycles. The van der Waals surface area contributed by atoms with Gasteiger partial charge < -0.3 is 9.67 Å². The lowest BCUT2D eigenvalue weighted by Crippen LogP contribution is -2.22. The summed E-state index contributed by atoms with van der Waals surface area (Å²) in [5.41, 5.74) is -5.03. The van der Waals surface area contributed by atoms with E-state index in [-0.39, 0.29) is 6.07 Å². The van der Waals surface area contributed by atoms with Gasteiger partial charge in [0.05, 0.1) is 10.9 Å². The Morgan fingerprint density at radius 1 is 1.29 bits per heavy atom. The van der Waals surface area contributed by atoms with Crippen LogP contribution < -0.4 is 5.43 Å². The predicted octanol–water partition coefficient (Wildman–Crippen LogP) is 2.53. The molecule has 21 heavy (non-hydrogen) atoms. The number of halogens is 5. The van der Waals surface area contributed by atoms with Crippen LogP contribution in [0.1, 0.15) is 15.9 Å². The SMILES string of the molecule is Cn1cc(C(=O)O)c(=O)c2cc(F)c(F)c(C(F)(F)F)c21. The van der Waals surface area contributed by atoms with Gasteiger partial charge in [0.15, 0.2) is 11.6 Å². The number of nitrogens with zero attached hydrogens (tertiary/aromatic N) is 1. The fraction of sp³-hybridized carbons (Fsp3) is 0.167. The van der Waals surface area contributed by atoms with E-state index < -0.39 is 51.2 Å². The third-order valence-electron chi connectivity index (χ3n) is 2.87. The van der Waals surface area contributed by atoms with Crippen molar-refractivity contribution in [2.75, 3.05) is 0 Å². The average molecular weight is 307 g/mol.